The average Bonchev–Trinajstić information content (AvgIpc) is 2.55. The van der Waals surface area contributed by atoms with Crippen LogP contribution in [0.2, 0.25) is 0 Å². The average molecular weight is 362 g/mol. The van der Waals surface area contributed by atoms with E-state index < -0.39 is 10.0 Å². The van der Waals surface area contributed by atoms with Crippen LogP contribution >= 0.6 is 12.4 Å². The van der Waals surface area contributed by atoms with Crippen LogP contribution in [-0.4, -0.2) is 34.0 Å². The van der Waals surface area contributed by atoms with Gasteiger partial charge in [0, 0.05) is 0 Å². The van der Waals surface area contributed by atoms with Crippen LogP contribution in [0.3, 0.4) is 0 Å². The number of hydrogen-bond donors (Lipinski definition) is 3. The number of carbonyl (C=O) groups is 1. The van der Waals surface area contributed by atoms with Crippen LogP contribution < -0.4 is 15.4 Å². The fourth-order valence-corrected chi connectivity index (χ4v) is 3.26. The molecule has 0 saturated carbocycles. The minimum absolute atomic E-state index is 0. The highest BCUT2D eigenvalue weighted by molar-refractivity contribution is 7.89. The number of rotatable bonds is 5. The summed E-state index contributed by atoms with van der Waals surface area (Å²) in [6.07, 6.45) is 3.04. The Hall–Kier alpha value is -1.15. The molecule has 2 atom stereocenters. The first-order chi connectivity index (χ1) is 10.4. The zero-order chi connectivity index (χ0) is 16.2. The Labute approximate surface area is 143 Å². The Kier molecular flexibility index (Phi) is 7.47. The van der Waals surface area contributed by atoms with Crippen molar-refractivity contribution in [3.05, 3.63) is 29.8 Å². The van der Waals surface area contributed by atoms with Crippen LogP contribution in [-0.2, 0) is 14.8 Å². The third-order valence-electron chi connectivity index (χ3n) is 3.94. The molecule has 0 radical (unpaired) electrons. The van der Waals surface area contributed by atoms with Gasteiger partial charge >= 0.3 is 0 Å². The van der Waals surface area contributed by atoms with Crippen molar-refractivity contribution >= 4 is 28.3 Å². The molecule has 1 heterocycles. The normalized spacial score (nSPS) is 19.5. The van der Waals surface area contributed by atoms with Gasteiger partial charge in [-0.05, 0) is 51.1 Å². The third-order valence-corrected chi connectivity index (χ3v) is 5.37. The molecule has 8 heteroatoms. The van der Waals surface area contributed by atoms with Gasteiger partial charge in [0.15, 0.2) is 0 Å². The number of amides is 1. The van der Waals surface area contributed by atoms with E-state index in [0.717, 1.165) is 31.4 Å². The maximum atomic E-state index is 12.2. The molecule has 2 unspecified atom stereocenters. The van der Waals surface area contributed by atoms with Crippen LogP contribution in [0.4, 0.5) is 0 Å². The first-order valence-corrected chi connectivity index (χ1v) is 8.99. The van der Waals surface area contributed by atoms with E-state index in [9.17, 15) is 13.2 Å². The van der Waals surface area contributed by atoms with Crippen LogP contribution in [0.15, 0.2) is 29.2 Å². The molecule has 1 aromatic carbocycles. The summed E-state index contributed by atoms with van der Waals surface area (Å²) in [6, 6.07) is 6.25. The molecule has 6 nitrogen and oxygen atoms in total. The molecular formula is C15H24ClN3O3S. The summed E-state index contributed by atoms with van der Waals surface area (Å²) in [6.45, 7) is 2.77. The molecule has 1 aliphatic rings. The summed E-state index contributed by atoms with van der Waals surface area (Å²) < 4.78 is 25.6. The van der Waals surface area contributed by atoms with Crippen LogP contribution in [0.25, 0.3) is 0 Å². The molecule has 3 N–H and O–H groups in total. The molecule has 0 bridgehead atoms. The van der Waals surface area contributed by atoms with Gasteiger partial charge in [-0.15, -0.1) is 12.4 Å². The van der Waals surface area contributed by atoms with E-state index in [1.165, 1.54) is 7.05 Å². The monoisotopic (exact) mass is 361 g/mol. The quantitative estimate of drug-likeness (QED) is 0.738. The highest BCUT2D eigenvalue weighted by atomic mass is 35.5. The minimum Gasteiger partial charge on any atom is -0.348 e. The van der Waals surface area contributed by atoms with Gasteiger partial charge in [0.05, 0.1) is 17.0 Å². The zero-order valence-electron chi connectivity index (χ0n) is 13.3. The van der Waals surface area contributed by atoms with Crippen LogP contribution in [0, 0.1) is 0 Å². The molecule has 2 rings (SSSR count). The summed E-state index contributed by atoms with van der Waals surface area (Å²) in [7, 11) is -2.05. The summed E-state index contributed by atoms with van der Waals surface area (Å²) in [4.78, 5) is 12.4. The lowest BCUT2D eigenvalue weighted by Gasteiger charge is -2.24. The summed E-state index contributed by atoms with van der Waals surface area (Å²) in [5, 5.41) is 6.18. The number of benzene rings is 1. The maximum absolute atomic E-state index is 12.2. The summed E-state index contributed by atoms with van der Waals surface area (Å²) in [5.74, 6) is -0.000812. The molecule has 0 aromatic heterocycles. The molecule has 1 fully saturated rings. The first-order valence-electron chi connectivity index (χ1n) is 7.51. The van der Waals surface area contributed by atoms with Crippen molar-refractivity contribution in [1.82, 2.24) is 15.4 Å². The largest absolute Gasteiger partial charge is 0.348 e. The van der Waals surface area contributed by atoms with Crippen molar-refractivity contribution in [2.24, 2.45) is 0 Å². The van der Waals surface area contributed by atoms with E-state index in [-0.39, 0.29) is 35.3 Å². The highest BCUT2D eigenvalue weighted by Gasteiger charge is 2.22. The lowest BCUT2D eigenvalue weighted by Crippen LogP contribution is -2.47. The standard InChI is InChI=1S/C15H23N3O3S.ClH/c1-11(18-15(19)14-5-3-4-10-17-14)12-6-8-13(9-7-12)22(20,21)16-2;/h6-9,11,14,16-17H,3-5,10H2,1-2H3,(H,18,19);1H. The predicted octanol–water partition coefficient (Wildman–Crippen LogP) is 1.34. The van der Waals surface area contributed by atoms with E-state index in [2.05, 4.69) is 15.4 Å². The van der Waals surface area contributed by atoms with Crippen LogP contribution in [0.5, 0.6) is 0 Å². The second-order valence-corrected chi connectivity index (χ2v) is 7.40. The number of halogens is 1. The molecule has 23 heavy (non-hydrogen) atoms. The molecule has 1 aromatic rings. The Morgan fingerprint density at radius 2 is 1.91 bits per heavy atom. The maximum Gasteiger partial charge on any atom is 0.240 e. The number of piperidine rings is 1. The van der Waals surface area contributed by atoms with Gasteiger partial charge in [-0.3, -0.25) is 4.79 Å². The van der Waals surface area contributed by atoms with E-state index in [1.54, 1.807) is 24.3 Å². The van der Waals surface area contributed by atoms with Gasteiger partial charge in [0.25, 0.3) is 0 Å². The van der Waals surface area contributed by atoms with Gasteiger partial charge < -0.3 is 10.6 Å². The highest BCUT2D eigenvalue weighted by Crippen LogP contribution is 2.17. The Bertz CT molecular complexity index is 613. The molecular weight excluding hydrogens is 338 g/mol. The lowest BCUT2D eigenvalue weighted by atomic mass is 10.0. The molecule has 130 valence electrons. The third kappa shape index (κ3) is 5.17. The van der Waals surface area contributed by atoms with E-state index in [1.807, 2.05) is 6.92 Å². The fraction of sp³-hybridized carbons (Fsp3) is 0.533. The second kappa shape index (κ2) is 8.63. The van der Waals surface area contributed by atoms with Crippen molar-refractivity contribution in [3.63, 3.8) is 0 Å². The topological polar surface area (TPSA) is 87.3 Å². The van der Waals surface area contributed by atoms with Crippen molar-refractivity contribution in [2.45, 2.75) is 43.2 Å². The second-order valence-electron chi connectivity index (χ2n) is 5.51. The molecule has 1 amide bonds. The number of nitrogens with one attached hydrogen (secondary N) is 3. The SMILES string of the molecule is CNS(=O)(=O)c1ccc(C(C)NC(=O)C2CCCCN2)cc1.Cl. The lowest BCUT2D eigenvalue weighted by molar-refractivity contribution is -0.124. The van der Waals surface area contributed by atoms with Gasteiger partial charge in [0.2, 0.25) is 15.9 Å². The fourth-order valence-electron chi connectivity index (χ4n) is 2.53. The Balaban J connectivity index is 0.00000264. The molecule has 0 spiro atoms. The van der Waals surface area contributed by atoms with Gasteiger partial charge in [-0.2, -0.15) is 0 Å². The van der Waals surface area contributed by atoms with E-state index in [0.29, 0.717) is 0 Å². The van der Waals surface area contributed by atoms with Gasteiger partial charge in [0.1, 0.15) is 0 Å². The summed E-state index contributed by atoms with van der Waals surface area (Å²) in [5.41, 5.74) is 0.874. The van der Waals surface area contributed by atoms with Gasteiger partial charge in [-0.1, -0.05) is 18.6 Å². The van der Waals surface area contributed by atoms with Crippen LogP contribution in [0.1, 0.15) is 37.8 Å². The van der Waals surface area contributed by atoms with Crippen molar-refractivity contribution in [3.8, 4) is 0 Å². The van der Waals surface area contributed by atoms with Crippen molar-refractivity contribution < 1.29 is 13.2 Å². The predicted molar refractivity (Wildman–Crippen MR) is 92.1 cm³/mol. The summed E-state index contributed by atoms with van der Waals surface area (Å²) >= 11 is 0. The molecule has 0 aliphatic carbocycles. The zero-order valence-corrected chi connectivity index (χ0v) is 15.0. The Morgan fingerprint density at radius 1 is 1.26 bits per heavy atom. The Morgan fingerprint density at radius 3 is 2.43 bits per heavy atom. The van der Waals surface area contributed by atoms with Crippen molar-refractivity contribution in [1.29, 1.82) is 0 Å². The smallest absolute Gasteiger partial charge is 0.240 e. The van der Waals surface area contributed by atoms with Crippen molar-refractivity contribution in [2.75, 3.05) is 13.6 Å². The first kappa shape index (κ1) is 19.9. The number of hydrogen-bond acceptors (Lipinski definition) is 4. The minimum atomic E-state index is -3.43. The van der Waals surface area contributed by atoms with E-state index >= 15 is 0 Å². The number of sulfonamides is 1. The number of carbonyl (C=O) groups excluding carboxylic acids is 1. The van der Waals surface area contributed by atoms with E-state index in [4.69, 9.17) is 0 Å². The van der Waals surface area contributed by atoms with Gasteiger partial charge in [-0.25, -0.2) is 13.1 Å². The molecule has 1 aliphatic heterocycles. The molecule has 1 saturated heterocycles.